The summed E-state index contributed by atoms with van der Waals surface area (Å²) in [6, 6.07) is 0. The molecular weight excluding hydrogens is 142 g/mol. The van der Waals surface area contributed by atoms with E-state index in [2.05, 4.69) is 5.16 Å². The summed E-state index contributed by atoms with van der Waals surface area (Å²) in [6.07, 6.45) is 2.23. The first-order valence-electron chi connectivity index (χ1n) is 3.61. The first-order valence-corrected chi connectivity index (χ1v) is 3.61. The van der Waals surface area contributed by atoms with Crippen LogP contribution in [0.15, 0.2) is 10.7 Å². The van der Waals surface area contributed by atoms with E-state index < -0.39 is 5.60 Å². The normalized spacial score (nSPS) is 12.0. The number of rotatable bonds is 2. The van der Waals surface area contributed by atoms with E-state index in [1.807, 2.05) is 6.92 Å². The zero-order chi connectivity index (χ0) is 8.48. The first-order chi connectivity index (χ1) is 4.99. The van der Waals surface area contributed by atoms with Crippen LogP contribution in [-0.2, 0) is 6.42 Å². The van der Waals surface area contributed by atoms with E-state index in [4.69, 9.17) is 4.52 Å². The van der Waals surface area contributed by atoms with Crippen molar-refractivity contribution in [1.82, 2.24) is 5.16 Å². The van der Waals surface area contributed by atoms with Crippen molar-refractivity contribution < 1.29 is 9.63 Å². The van der Waals surface area contributed by atoms with E-state index in [-0.39, 0.29) is 0 Å². The highest BCUT2D eigenvalue weighted by Crippen LogP contribution is 2.14. The number of nitrogens with zero attached hydrogens (tertiary/aromatic N) is 1. The third-order valence-corrected chi connectivity index (χ3v) is 1.47. The van der Waals surface area contributed by atoms with E-state index in [0.29, 0.717) is 6.42 Å². The second kappa shape index (κ2) is 2.66. The molecule has 0 saturated carbocycles. The zero-order valence-electron chi connectivity index (χ0n) is 7.09. The molecule has 3 heteroatoms. The van der Waals surface area contributed by atoms with Gasteiger partial charge in [-0.1, -0.05) is 5.16 Å². The molecule has 1 heterocycles. The van der Waals surface area contributed by atoms with Gasteiger partial charge in [0.2, 0.25) is 0 Å². The average Bonchev–Trinajstić information content (AvgIpc) is 2.12. The molecule has 1 N–H and O–H groups in total. The molecule has 1 aromatic heterocycles. The van der Waals surface area contributed by atoms with E-state index >= 15 is 0 Å². The number of hydrogen-bond acceptors (Lipinski definition) is 3. The van der Waals surface area contributed by atoms with Gasteiger partial charge in [0.05, 0.1) is 11.8 Å². The van der Waals surface area contributed by atoms with Gasteiger partial charge in [-0.05, 0) is 20.8 Å². The number of aryl methyl sites for hydroxylation is 1. The molecule has 0 saturated heterocycles. The van der Waals surface area contributed by atoms with Gasteiger partial charge in [-0.3, -0.25) is 0 Å². The van der Waals surface area contributed by atoms with Crippen LogP contribution in [-0.4, -0.2) is 15.9 Å². The molecule has 0 unspecified atom stereocenters. The molecule has 3 nitrogen and oxygen atoms in total. The van der Waals surface area contributed by atoms with Crippen molar-refractivity contribution in [3.63, 3.8) is 0 Å². The number of aliphatic hydroxyl groups is 1. The Balaban J connectivity index is 2.72. The molecular formula is C8H13NO2. The van der Waals surface area contributed by atoms with Crippen LogP contribution >= 0.6 is 0 Å². The molecule has 0 aliphatic carbocycles. The quantitative estimate of drug-likeness (QED) is 0.700. The number of hydrogen-bond donors (Lipinski definition) is 1. The maximum absolute atomic E-state index is 9.44. The van der Waals surface area contributed by atoms with Crippen molar-refractivity contribution in [2.75, 3.05) is 0 Å². The van der Waals surface area contributed by atoms with Crippen molar-refractivity contribution in [2.45, 2.75) is 32.8 Å². The van der Waals surface area contributed by atoms with Crippen molar-refractivity contribution >= 4 is 0 Å². The predicted molar refractivity (Wildman–Crippen MR) is 41.2 cm³/mol. The molecule has 11 heavy (non-hydrogen) atoms. The molecule has 0 aliphatic heterocycles. The molecule has 1 rings (SSSR count). The summed E-state index contributed by atoms with van der Waals surface area (Å²) in [5.41, 5.74) is 0.286. The minimum Gasteiger partial charge on any atom is -0.390 e. The second-order valence-electron chi connectivity index (χ2n) is 3.40. The van der Waals surface area contributed by atoms with E-state index in [1.54, 1.807) is 20.0 Å². The molecule has 0 atom stereocenters. The summed E-state index contributed by atoms with van der Waals surface area (Å²) in [7, 11) is 0. The van der Waals surface area contributed by atoms with Gasteiger partial charge in [0, 0.05) is 12.0 Å². The highest BCUT2D eigenvalue weighted by Gasteiger charge is 2.16. The fourth-order valence-electron chi connectivity index (χ4n) is 0.955. The third kappa shape index (κ3) is 2.35. The van der Waals surface area contributed by atoms with Gasteiger partial charge < -0.3 is 9.63 Å². The summed E-state index contributed by atoms with van der Waals surface area (Å²) in [4.78, 5) is 0. The maximum Gasteiger partial charge on any atom is 0.136 e. The van der Waals surface area contributed by atoms with Crippen LogP contribution in [0.3, 0.4) is 0 Å². The van der Waals surface area contributed by atoms with Crippen LogP contribution in [0, 0.1) is 6.92 Å². The zero-order valence-corrected chi connectivity index (χ0v) is 7.09. The Bertz CT molecular complexity index is 234. The Morgan fingerprint density at radius 1 is 1.64 bits per heavy atom. The molecule has 0 amide bonds. The lowest BCUT2D eigenvalue weighted by Crippen LogP contribution is -2.21. The van der Waals surface area contributed by atoms with Gasteiger partial charge in [-0.15, -0.1) is 0 Å². The lowest BCUT2D eigenvalue weighted by atomic mass is 10.00. The predicted octanol–water partition coefficient (Wildman–Crippen LogP) is 1.30. The maximum atomic E-state index is 9.44. The molecule has 0 bridgehead atoms. The van der Waals surface area contributed by atoms with Crippen LogP contribution in [0.1, 0.15) is 25.2 Å². The van der Waals surface area contributed by atoms with Gasteiger partial charge in [-0.2, -0.15) is 0 Å². The Labute approximate surface area is 66.0 Å². The van der Waals surface area contributed by atoms with Crippen molar-refractivity contribution in [3.05, 3.63) is 17.5 Å². The Hall–Kier alpha value is -0.830. The topological polar surface area (TPSA) is 46.3 Å². The van der Waals surface area contributed by atoms with E-state index in [0.717, 1.165) is 11.3 Å². The Morgan fingerprint density at radius 3 is 2.64 bits per heavy atom. The standard InChI is InChI=1S/C8H13NO2/c1-6-7(5-9-11-6)4-8(2,3)10/h5,10H,4H2,1-3H3. The average molecular weight is 155 g/mol. The van der Waals surface area contributed by atoms with Crippen LogP contribution in [0.5, 0.6) is 0 Å². The Kier molecular flexibility index (Phi) is 2.00. The van der Waals surface area contributed by atoms with Crippen LogP contribution in [0.2, 0.25) is 0 Å². The minimum atomic E-state index is -0.684. The van der Waals surface area contributed by atoms with Crippen LogP contribution < -0.4 is 0 Å². The lowest BCUT2D eigenvalue weighted by molar-refractivity contribution is 0.0806. The highest BCUT2D eigenvalue weighted by atomic mass is 16.5. The minimum absolute atomic E-state index is 0.586. The molecule has 1 aromatic rings. The van der Waals surface area contributed by atoms with Crippen LogP contribution in [0.4, 0.5) is 0 Å². The summed E-state index contributed by atoms with van der Waals surface area (Å²) in [5, 5.41) is 13.1. The fraction of sp³-hybridized carbons (Fsp3) is 0.625. The summed E-state index contributed by atoms with van der Waals surface area (Å²) < 4.78 is 4.85. The van der Waals surface area contributed by atoms with Gasteiger partial charge in [0.1, 0.15) is 5.76 Å². The van der Waals surface area contributed by atoms with Gasteiger partial charge in [0.25, 0.3) is 0 Å². The SMILES string of the molecule is Cc1oncc1CC(C)(C)O. The number of aromatic nitrogens is 1. The summed E-state index contributed by atoms with van der Waals surface area (Å²) in [6.45, 7) is 5.37. The third-order valence-electron chi connectivity index (χ3n) is 1.47. The molecule has 62 valence electrons. The van der Waals surface area contributed by atoms with Crippen LogP contribution in [0.25, 0.3) is 0 Å². The molecule has 0 aromatic carbocycles. The van der Waals surface area contributed by atoms with Crippen molar-refractivity contribution in [3.8, 4) is 0 Å². The molecule has 0 radical (unpaired) electrons. The monoisotopic (exact) mass is 155 g/mol. The van der Waals surface area contributed by atoms with E-state index in [9.17, 15) is 5.11 Å². The van der Waals surface area contributed by atoms with Crippen molar-refractivity contribution in [2.24, 2.45) is 0 Å². The first kappa shape index (κ1) is 8.27. The molecule has 0 aliphatic rings. The summed E-state index contributed by atoms with van der Waals surface area (Å²) in [5.74, 6) is 0.784. The highest BCUT2D eigenvalue weighted by molar-refractivity contribution is 5.13. The largest absolute Gasteiger partial charge is 0.390 e. The Morgan fingerprint density at radius 2 is 2.27 bits per heavy atom. The fourth-order valence-corrected chi connectivity index (χ4v) is 0.955. The summed E-state index contributed by atoms with van der Waals surface area (Å²) >= 11 is 0. The smallest absolute Gasteiger partial charge is 0.136 e. The molecule has 0 fully saturated rings. The lowest BCUT2D eigenvalue weighted by Gasteiger charge is -2.15. The second-order valence-corrected chi connectivity index (χ2v) is 3.40. The molecule has 0 spiro atoms. The van der Waals surface area contributed by atoms with Gasteiger partial charge >= 0.3 is 0 Å². The van der Waals surface area contributed by atoms with Crippen molar-refractivity contribution in [1.29, 1.82) is 0 Å². The van der Waals surface area contributed by atoms with Gasteiger partial charge in [0.15, 0.2) is 0 Å². The van der Waals surface area contributed by atoms with Gasteiger partial charge in [-0.25, -0.2) is 0 Å². The van der Waals surface area contributed by atoms with E-state index in [1.165, 1.54) is 0 Å².